The van der Waals surface area contributed by atoms with Gasteiger partial charge in [0.25, 0.3) is 0 Å². The topological polar surface area (TPSA) is 20.2 Å². The van der Waals surface area contributed by atoms with E-state index in [4.69, 9.17) is 0 Å². The van der Waals surface area contributed by atoms with E-state index < -0.39 is 5.60 Å². The molecule has 0 aromatic rings. The van der Waals surface area contributed by atoms with E-state index in [1.165, 1.54) is 50.5 Å². The molecule has 0 heterocycles. The van der Waals surface area contributed by atoms with Crippen LogP contribution < -0.4 is 0 Å². The summed E-state index contributed by atoms with van der Waals surface area (Å²) in [5.74, 6) is 4.30. The highest BCUT2D eigenvalue weighted by Gasteiger charge is 2.60. The van der Waals surface area contributed by atoms with Crippen LogP contribution >= 0.6 is 0 Å². The molecule has 0 aromatic carbocycles. The summed E-state index contributed by atoms with van der Waals surface area (Å²) in [6.07, 6.45) is 11.7. The molecule has 0 unspecified atom stereocenters. The zero-order valence-corrected chi connectivity index (χ0v) is 16.4. The van der Waals surface area contributed by atoms with Gasteiger partial charge in [-0.3, -0.25) is 0 Å². The van der Waals surface area contributed by atoms with E-state index in [0.29, 0.717) is 10.8 Å². The number of fused-ring (bicyclic) bond motifs is 5. The van der Waals surface area contributed by atoms with Crippen LogP contribution in [0.15, 0.2) is 12.2 Å². The highest BCUT2D eigenvalue weighted by atomic mass is 16.3. The van der Waals surface area contributed by atoms with Crippen molar-refractivity contribution in [2.75, 3.05) is 0 Å². The Morgan fingerprint density at radius 3 is 2.29 bits per heavy atom. The van der Waals surface area contributed by atoms with Gasteiger partial charge in [0, 0.05) is 0 Å². The van der Waals surface area contributed by atoms with Crippen LogP contribution in [0, 0.1) is 40.4 Å². The Kier molecular flexibility index (Phi) is 3.82. The van der Waals surface area contributed by atoms with E-state index in [2.05, 4.69) is 34.3 Å². The monoisotopic (exact) mass is 330 g/mol. The summed E-state index contributed by atoms with van der Waals surface area (Å²) in [4.78, 5) is 0. The molecule has 4 aliphatic carbocycles. The molecule has 0 bridgehead atoms. The third-order valence-electron chi connectivity index (χ3n) is 9.55. The van der Waals surface area contributed by atoms with Crippen molar-refractivity contribution < 1.29 is 5.11 Å². The molecule has 0 spiro atoms. The lowest BCUT2D eigenvalue weighted by molar-refractivity contribution is -0.144. The predicted molar refractivity (Wildman–Crippen MR) is 101 cm³/mol. The third-order valence-corrected chi connectivity index (χ3v) is 9.55. The molecule has 24 heavy (non-hydrogen) atoms. The van der Waals surface area contributed by atoms with Gasteiger partial charge in [-0.15, -0.1) is 0 Å². The van der Waals surface area contributed by atoms with E-state index in [-0.39, 0.29) is 0 Å². The van der Waals surface area contributed by atoms with Crippen LogP contribution in [0.5, 0.6) is 0 Å². The van der Waals surface area contributed by atoms with E-state index in [9.17, 15) is 5.11 Å². The summed E-state index contributed by atoms with van der Waals surface area (Å²) in [6.45, 7) is 13.9. The molecule has 4 aliphatic rings. The van der Waals surface area contributed by atoms with Crippen molar-refractivity contribution in [1.29, 1.82) is 0 Å². The zero-order chi connectivity index (χ0) is 17.3. The molecule has 0 aliphatic heterocycles. The second kappa shape index (κ2) is 5.35. The molecule has 0 radical (unpaired) electrons. The number of aliphatic hydroxyl groups is 1. The van der Waals surface area contributed by atoms with Crippen molar-refractivity contribution in [1.82, 2.24) is 0 Å². The van der Waals surface area contributed by atoms with Gasteiger partial charge >= 0.3 is 0 Å². The molecule has 4 rings (SSSR count). The summed E-state index contributed by atoms with van der Waals surface area (Å²) >= 11 is 0. The van der Waals surface area contributed by atoms with E-state index in [1.807, 2.05) is 0 Å². The Bertz CT molecular complexity index is 534. The quantitative estimate of drug-likeness (QED) is 0.587. The van der Waals surface area contributed by atoms with Crippen LogP contribution in [-0.2, 0) is 0 Å². The predicted octanol–water partition coefficient (Wildman–Crippen LogP) is 5.97. The second-order valence-corrected chi connectivity index (χ2v) is 10.9. The molecule has 1 heteroatoms. The summed E-state index contributed by atoms with van der Waals surface area (Å²) < 4.78 is 0. The lowest BCUT2D eigenvalue weighted by Gasteiger charge is -2.62. The van der Waals surface area contributed by atoms with Crippen molar-refractivity contribution >= 4 is 0 Å². The van der Waals surface area contributed by atoms with Crippen LogP contribution in [0.1, 0.15) is 85.5 Å². The smallest absolute Gasteiger partial charge is 0.0622 e. The number of allylic oxidation sites excluding steroid dienone is 1. The first-order valence-corrected chi connectivity index (χ1v) is 10.6. The van der Waals surface area contributed by atoms with E-state index >= 15 is 0 Å². The third kappa shape index (κ3) is 2.29. The van der Waals surface area contributed by atoms with Gasteiger partial charge in [-0.2, -0.15) is 0 Å². The Balaban J connectivity index is 1.61. The molecular weight excluding hydrogens is 292 g/mol. The van der Waals surface area contributed by atoms with Crippen LogP contribution in [0.3, 0.4) is 0 Å². The van der Waals surface area contributed by atoms with Crippen molar-refractivity contribution in [3.8, 4) is 0 Å². The van der Waals surface area contributed by atoms with Crippen LogP contribution in [0.2, 0.25) is 0 Å². The van der Waals surface area contributed by atoms with Crippen molar-refractivity contribution in [3.63, 3.8) is 0 Å². The van der Waals surface area contributed by atoms with Crippen molar-refractivity contribution in [3.05, 3.63) is 12.2 Å². The standard InChI is InChI=1S/C23H38O/c1-15(2)18-8-9-19-17-7-6-16-14-21(3,24)12-13-22(16,4)20(17)10-11-23(18,19)5/h16-20,24H,1,6-14H2,2-5H3/t16-,17-,18+,19-,20-,21-,22-,23+/m0/s1. The van der Waals surface area contributed by atoms with Gasteiger partial charge in [0.15, 0.2) is 0 Å². The number of rotatable bonds is 1. The zero-order valence-electron chi connectivity index (χ0n) is 16.4. The molecular formula is C23H38O. The van der Waals surface area contributed by atoms with Gasteiger partial charge in [-0.05, 0) is 112 Å². The SMILES string of the molecule is C=C(C)[C@H]1CC[C@H]2[C@@H]3CC[C@H]4C[C@@](C)(O)CC[C@]4(C)[C@H]3CC[C@]12C. The van der Waals surface area contributed by atoms with Gasteiger partial charge < -0.3 is 5.11 Å². The van der Waals surface area contributed by atoms with Crippen molar-refractivity contribution in [2.45, 2.75) is 91.1 Å². The highest BCUT2D eigenvalue weighted by Crippen LogP contribution is 2.68. The maximum absolute atomic E-state index is 10.6. The Morgan fingerprint density at radius 2 is 1.58 bits per heavy atom. The maximum atomic E-state index is 10.6. The molecule has 1 nitrogen and oxygen atoms in total. The summed E-state index contributed by atoms with van der Waals surface area (Å²) in [5.41, 5.74) is 2.05. The lowest BCUT2D eigenvalue weighted by Crippen LogP contribution is -2.55. The molecule has 1 N–H and O–H groups in total. The average Bonchev–Trinajstić information content (AvgIpc) is 2.85. The lowest BCUT2D eigenvalue weighted by atomic mass is 9.44. The summed E-state index contributed by atoms with van der Waals surface area (Å²) in [6, 6.07) is 0. The molecule has 4 saturated carbocycles. The Morgan fingerprint density at radius 1 is 0.875 bits per heavy atom. The minimum atomic E-state index is -0.404. The summed E-state index contributed by atoms with van der Waals surface area (Å²) in [7, 11) is 0. The molecule has 8 atom stereocenters. The minimum absolute atomic E-state index is 0.404. The second-order valence-electron chi connectivity index (χ2n) is 10.9. The maximum Gasteiger partial charge on any atom is 0.0622 e. The molecule has 0 aromatic heterocycles. The molecule has 4 fully saturated rings. The van der Waals surface area contributed by atoms with E-state index in [0.717, 1.165) is 42.4 Å². The first-order chi connectivity index (χ1) is 11.2. The molecule has 0 amide bonds. The van der Waals surface area contributed by atoms with Gasteiger partial charge in [0.1, 0.15) is 0 Å². The fraction of sp³-hybridized carbons (Fsp3) is 0.913. The Hall–Kier alpha value is -0.300. The largest absolute Gasteiger partial charge is 0.390 e. The van der Waals surface area contributed by atoms with Gasteiger partial charge in [-0.25, -0.2) is 0 Å². The van der Waals surface area contributed by atoms with Gasteiger partial charge in [0.2, 0.25) is 0 Å². The highest BCUT2D eigenvalue weighted by molar-refractivity contribution is 5.15. The van der Waals surface area contributed by atoms with E-state index in [1.54, 1.807) is 0 Å². The number of hydrogen-bond acceptors (Lipinski definition) is 1. The van der Waals surface area contributed by atoms with Crippen LogP contribution in [0.4, 0.5) is 0 Å². The molecule has 136 valence electrons. The number of hydrogen-bond donors (Lipinski definition) is 1. The summed E-state index contributed by atoms with van der Waals surface area (Å²) in [5, 5.41) is 10.6. The van der Waals surface area contributed by atoms with Crippen LogP contribution in [-0.4, -0.2) is 10.7 Å². The Labute approximate surface area is 149 Å². The van der Waals surface area contributed by atoms with Crippen LogP contribution in [0.25, 0.3) is 0 Å². The van der Waals surface area contributed by atoms with Crippen molar-refractivity contribution in [2.24, 2.45) is 40.4 Å². The first-order valence-electron chi connectivity index (χ1n) is 10.6. The minimum Gasteiger partial charge on any atom is -0.390 e. The normalized spacial score (nSPS) is 57.0. The fourth-order valence-electron chi connectivity index (χ4n) is 8.24. The van der Waals surface area contributed by atoms with Gasteiger partial charge in [0.05, 0.1) is 5.60 Å². The average molecular weight is 331 g/mol. The van der Waals surface area contributed by atoms with Gasteiger partial charge in [-0.1, -0.05) is 26.0 Å². The first kappa shape index (κ1) is 17.1. The fourth-order valence-corrected chi connectivity index (χ4v) is 8.24. The molecule has 0 saturated heterocycles.